The van der Waals surface area contributed by atoms with Crippen molar-refractivity contribution < 1.29 is 0 Å². The first-order valence-electron chi connectivity index (χ1n) is 8.64. The standard InChI is InChI=1S/C22H15N5/c1-4-15-6-3-10-24-22(15)18(7-1)20-12-21(26-14-25-20)27-19-8-2-5-16-13-23-11-9-17(16)19/h1-14H,(H,25,26,27). The van der Waals surface area contributed by atoms with E-state index < -0.39 is 0 Å². The summed E-state index contributed by atoms with van der Waals surface area (Å²) in [4.78, 5) is 17.6. The van der Waals surface area contributed by atoms with Crippen LogP contribution in [0.5, 0.6) is 0 Å². The fourth-order valence-corrected chi connectivity index (χ4v) is 3.25. The molecule has 5 heteroatoms. The minimum absolute atomic E-state index is 0.734. The highest BCUT2D eigenvalue weighted by atomic mass is 15.0. The van der Waals surface area contributed by atoms with Crippen molar-refractivity contribution in [1.29, 1.82) is 0 Å². The molecule has 0 spiro atoms. The van der Waals surface area contributed by atoms with Gasteiger partial charge < -0.3 is 5.32 Å². The van der Waals surface area contributed by atoms with E-state index in [2.05, 4.69) is 37.4 Å². The first-order valence-corrected chi connectivity index (χ1v) is 8.64. The van der Waals surface area contributed by atoms with Crippen molar-refractivity contribution in [3.8, 4) is 11.3 Å². The number of nitrogens with one attached hydrogen (secondary N) is 1. The summed E-state index contributed by atoms with van der Waals surface area (Å²) in [5.74, 6) is 0.734. The maximum atomic E-state index is 4.52. The Balaban J connectivity index is 1.58. The fourth-order valence-electron chi connectivity index (χ4n) is 3.25. The van der Waals surface area contributed by atoms with E-state index >= 15 is 0 Å². The van der Waals surface area contributed by atoms with Gasteiger partial charge in [0.15, 0.2) is 0 Å². The van der Waals surface area contributed by atoms with Crippen molar-refractivity contribution in [3.05, 3.63) is 85.6 Å². The molecule has 2 aromatic carbocycles. The topological polar surface area (TPSA) is 63.6 Å². The van der Waals surface area contributed by atoms with Crippen LogP contribution in [0.1, 0.15) is 0 Å². The van der Waals surface area contributed by atoms with E-state index in [0.29, 0.717) is 0 Å². The molecular formula is C22H15N5. The number of hydrogen-bond acceptors (Lipinski definition) is 5. The van der Waals surface area contributed by atoms with Crippen LogP contribution in [0.25, 0.3) is 32.9 Å². The molecule has 3 aromatic heterocycles. The second-order valence-corrected chi connectivity index (χ2v) is 6.20. The molecule has 5 aromatic rings. The summed E-state index contributed by atoms with van der Waals surface area (Å²) in [7, 11) is 0. The number of nitrogens with zero attached hydrogens (tertiary/aromatic N) is 4. The summed E-state index contributed by atoms with van der Waals surface area (Å²) in [5, 5.41) is 6.67. The van der Waals surface area contributed by atoms with Crippen LogP contribution in [0.15, 0.2) is 85.6 Å². The maximum absolute atomic E-state index is 4.52. The summed E-state index contributed by atoms with van der Waals surface area (Å²) in [5.41, 5.74) is 3.73. The van der Waals surface area contributed by atoms with Crippen LogP contribution in [0, 0.1) is 0 Å². The average molecular weight is 349 g/mol. The lowest BCUT2D eigenvalue weighted by Gasteiger charge is -2.10. The molecule has 0 aliphatic rings. The first kappa shape index (κ1) is 15.4. The van der Waals surface area contributed by atoms with Crippen LogP contribution in [0.2, 0.25) is 0 Å². The summed E-state index contributed by atoms with van der Waals surface area (Å²) in [6, 6.07) is 20.1. The van der Waals surface area contributed by atoms with Gasteiger partial charge in [0.2, 0.25) is 0 Å². The molecule has 1 N–H and O–H groups in total. The molecule has 0 fully saturated rings. The Morgan fingerprint density at radius 1 is 0.741 bits per heavy atom. The summed E-state index contributed by atoms with van der Waals surface area (Å²) in [6.07, 6.45) is 7.02. The zero-order valence-corrected chi connectivity index (χ0v) is 14.4. The van der Waals surface area contributed by atoms with Crippen LogP contribution >= 0.6 is 0 Å². The van der Waals surface area contributed by atoms with E-state index in [-0.39, 0.29) is 0 Å². The van der Waals surface area contributed by atoms with E-state index in [4.69, 9.17) is 0 Å². The summed E-state index contributed by atoms with van der Waals surface area (Å²) in [6.45, 7) is 0. The van der Waals surface area contributed by atoms with Crippen LogP contribution in [-0.4, -0.2) is 19.9 Å². The molecule has 0 saturated heterocycles. The normalized spacial score (nSPS) is 11.0. The Hall–Kier alpha value is -3.86. The van der Waals surface area contributed by atoms with Gasteiger partial charge in [0, 0.05) is 52.1 Å². The van der Waals surface area contributed by atoms with Crippen LogP contribution in [0.3, 0.4) is 0 Å². The van der Waals surface area contributed by atoms with Crippen molar-refractivity contribution in [3.63, 3.8) is 0 Å². The number of benzene rings is 2. The van der Waals surface area contributed by atoms with Gasteiger partial charge in [0.05, 0.1) is 11.2 Å². The third-order valence-corrected chi connectivity index (χ3v) is 4.52. The molecule has 5 rings (SSSR count). The Morgan fingerprint density at radius 2 is 1.63 bits per heavy atom. The lowest BCUT2D eigenvalue weighted by atomic mass is 10.1. The zero-order chi connectivity index (χ0) is 18.1. The van der Waals surface area contributed by atoms with E-state index in [0.717, 1.165) is 44.4 Å². The van der Waals surface area contributed by atoms with E-state index in [1.54, 1.807) is 18.7 Å². The zero-order valence-electron chi connectivity index (χ0n) is 14.4. The lowest BCUT2D eigenvalue weighted by molar-refractivity contribution is 1.17. The molecule has 5 nitrogen and oxygen atoms in total. The summed E-state index contributed by atoms with van der Waals surface area (Å²) < 4.78 is 0. The second kappa shape index (κ2) is 6.46. The van der Waals surface area contributed by atoms with Gasteiger partial charge in [-0.15, -0.1) is 0 Å². The number of aromatic nitrogens is 4. The van der Waals surface area contributed by atoms with Gasteiger partial charge >= 0.3 is 0 Å². The van der Waals surface area contributed by atoms with E-state index in [9.17, 15) is 0 Å². The van der Waals surface area contributed by atoms with Crippen LogP contribution in [-0.2, 0) is 0 Å². The molecule has 0 radical (unpaired) electrons. The van der Waals surface area contributed by atoms with Gasteiger partial charge in [-0.2, -0.15) is 0 Å². The number of fused-ring (bicyclic) bond motifs is 2. The van der Waals surface area contributed by atoms with Gasteiger partial charge in [0.1, 0.15) is 12.1 Å². The molecular weight excluding hydrogens is 334 g/mol. The highest BCUT2D eigenvalue weighted by Gasteiger charge is 2.08. The van der Waals surface area contributed by atoms with E-state index in [1.165, 1.54) is 0 Å². The number of pyridine rings is 2. The minimum atomic E-state index is 0.734. The monoisotopic (exact) mass is 349 g/mol. The average Bonchev–Trinajstić information content (AvgIpc) is 2.74. The quantitative estimate of drug-likeness (QED) is 0.497. The van der Waals surface area contributed by atoms with Gasteiger partial charge in [0.25, 0.3) is 0 Å². The smallest absolute Gasteiger partial charge is 0.134 e. The third kappa shape index (κ3) is 2.85. The predicted molar refractivity (Wildman–Crippen MR) is 108 cm³/mol. The molecule has 0 saturated carbocycles. The third-order valence-electron chi connectivity index (χ3n) is 4.52. The molecule has 0 unspecified atom stereocenters. The Bertz CT molecular complexity index is 1260. The fraction of sp³-hybridized carbons (Fsp3) is 0. The van der Waals surface area contributed by atoms with Gasteiger partial charge in [-0.05, 0) is 18.2 Å². The number of para-hydroxylation sites is 1. The Morgan fingerprint density at radius 3 is 2.63 bits per heavy atom. The van der Waals surface area contributed by atoms with Gasteiger partial charge in [-0.3, -0.25) is 9.97 Å². The molecule has 128 valence electrons. The lowest BCUT2D eigenvalue weighted by Crippen LogP contribution is -1.97. The molecule has 0 aliphatic carbocycles. The van der Waals surface area contributed by atoms with Crippen molar-refractivity contribution in [2.45, 2.75) is 0 Å². The number of hydrogen-bond donors (Lipinski definition) is 1. The molecule has 0 bridgehead atoms. The largest absolute Gasteiger partial charge is 0.340 e. The Labute approximate surface area is 155 Å². The molecule has 27 heavy (non-hydrogen) atoms. The van der Waals surface area contributed by atoms with Gasteiger partial charge in [-0.25, -0.2) is 9.97 Å². The van der Waals surface area contributed by atoms with Crippen LogP contribution < -0.4 is 5.32 Å². The second-order valence-electron chi connectivity index (χ2n) is 6.20. The number of anilines is 2. The molecule has 0 aliphatic heterocycles. The van der Waals surface area contributed by atoms with Crippen molar-refractivity contribution in [2.75, 3.05) is 5.32 Å². The molecule has 3 heterocycles. The highest BCUT2D eigenvalue weighted by molar-refractivity contribution is 5.95. The number of rotatable bonds is 3. The van der Waals surface area contributed by atoms with Crippen molar-refractivity contribution in [1.82, 2.24) is 19.9 Å². The summed E-state index contributed by atoms with van der Waals surface area (Å²) >= 11 is 0. The van der Waals surface area contributed by atoms with Gasteiger partial charge in [-0.1, -0.05) is 36.4 Å². The first-order chi connectivity index (χ1) is 13.4. The maximum Gasteiger partial charge on any atom is 0.134 e. The molecule has 0 atom stereocenters. The van der Waals surface area contributed by atoms with Crippen LogP contribution in [0.4, 0.5) is 11.5 Å². The van der Waals surface area contributed by atoms with E-state index in [1.807, 2.05) is 54.7 Å². The predicted octanol–water partition coefficient (Wildman–Crippen LogP) is 4.98. The molecule has 0 amide bonds. The minimum Gasteiger partial charge on any atom is -0.340 e. The SMILES string of the molecule is c1cc(Nc2cc(-c3cccc4cccnc34)ncn2)c2ccncc2c1. The van der Waals surface area contributed by atoms with Crippen molar-refractivity contribution in [2.24, 2.45) is 0 Å². The highest BCUT2D eigenvalue weighted by Crippen LogP contribution is 2.29. The Kier molecular flexibility index (Phi) is 3.68. The van der Waals surface area contributed by atoms with Crippen molar-refractivity contribution >= 4 is 33.2 Å².